The molecule has 1 aromatic carbocycles. The molecule has 4 heteroatoms. The zero-order chi connectivity index (χ0) is 12.3. The number of nitrogens with one attached hydrogen (secondary N) is 1. The van der Waals surface area contributed by atoms with E-state index in [1.165, 1.54) is 6.07 Å². The lowest BCUT2D eigenvalue weighted by Gasteiger charge is -2.22. The van der Waals surface area contributed by atoms with E-state index in [9.17, 15) is 13.6 Å². The maximum Gasteiger partial charge on any atom is 0.169 e. The fourth-order valence-corrected chi connectivity index (χ4v) is 1.55. The van der Waals surface area contributed by atoms with Crippen molar-refractivity contribution >= 4 is 5.78 Å². The Kier molecular flexibility index (Phi) is 3.75. The number of hydrogen-bond acceptors (Lipinski definition) is 2. The van der Waals surface area contributed by atoms with E-state index in [1.54, 1.807) is 20.9 Å². The average molecular weight is 227 g/mol. The van der Waals surface area contributed by atoms with Crippen LogP contribution < -0.4 is 5.32 Å². The highest BCUT2D eigenvalue weighted by molar-refractivity contribution is 6.00. The summed E-state index contributed by atoms with van der Waals surface area (Å²) in [7, 11) is 1.74. The molecule has 0 unspecified atom stereocenters. The van der Waals surface area contributed by atoms with Crippen molar-refractivity contribution in [2.75, 3.05) is 13.6 Å². The van der Waals surface area contributed by atoms with Gasteiger partial charge in [-0.05, 0) is 25.2 Å². The van der Waals surface area contributed by atoms with Crippen molar-refractivity contribution in [3.63, 3.8) is 0 Å². The van der Waals surface area contributed by atoms with Gasteiger partial charge in [0.25, 0.3) is 0 Å². The number of benzene rings is 1. The Bertz CT molecular complexity index is 402. The Morgan fingerprint density at radius 2 is 1.94 bits per heavy atom. The predicted octanol–water partition coefficient (Wildman–Crippen LogP) is 2.39. The lowest BCUT2D eigenvalue weighted by molar-refractivity contribution is 0.0838. The third-order valence-electron chi connectivity index (χ3n) is 2.42. The molecule has 0 fully saturated rings. The lowest BCUT2D eigenvalue weighted by atomic mass is 9.84. The van der Waals surface area contributed by atoms with E-state index in [1.807, 2.05) is 0 Å². The number of hydrogen-bond donors (Lipinski definition) is 1. The van der Waals surface area contributed by atoms with Gasteiger partial charge < -0.3 is 5.32 Å². The van der Waals surface area contributed by atoms with Gasteiger partial charge in [0.05, 0.1) is 0 Å². The lowest BCUT2D eigenvalue weighted by Crippen LogP contribution is -2.34. The molecule has 2 nitrogen and oxygen atoms in total. The van der Waals surface area contributed by atoms with Crippen LogP contribution in [0.15, 0.2) is 18.2 Å². The molecule has 0 atom stereocenters. The van der Waals surface area contributed by atoms with Crippen LogP contribution >= 0.6 is 0 Å². The normalized spacial score (nSPS) is 11.6. The first-order valence-electron chi connectivity index (χ1n) is 5.03. The highest BCUT2D eigenvalue weighted by Crippen LogP contribution is 2.22. The first-order chi connectivity index (χ1) is 7.38. The van der Waals surface area contributed by atoms with Gasteiger partial charge in [-0.3, -0.25) is 4.79 Å². The summed E-state index contributed by atoms with van der Waals surface area (Å²) < 4.78 is 25.7. The number of carbonyl (C=O) groups is 1. The maximum atomic E-state index is 13.0. The number of ketones is 1. The highest BCUT2D eigenvalue weighted by Gasteiger charge is 2.28. The fraction of sp³-hybridized carbons (Fsp3) is 0.417. The van der Waals surface area contributed by atoms with Crippen LogP contribution in [-0.2, 0) is 0 Å². The van der Waals surface area contributed by atoms with E-state index in [2.05, 4.69) is 5.32 Å². The van der Waals surface area contributed by atoms with E-state index < -0.39 is 17.0 Å². The molecular formula is C12H15F2NO. The molecule has 1 rings (SSSR count). The molecule has 1 N–H and O–H groups in total. The van der Waals surface area contributed by atoms with Gasteiger partial charge in [-0.15, -0.1) is 0 Å². The summed E-state index contributed by atoms with van der Waals surface area (Å²) in [5, 5.41) is 2.90. The molecule has 0 bridgehead atoms. The summed E-state index contributed by atoms with van der Waals surface area (Å²) in [4.78, 5) is 12.0. The zero-order valence-electron chi connectivity index (χ0n) is 9.60. The molecule has 0 aliphatic rings. The average Bonchev–Trinajstić information content (AvgIpc) is 2.21. The molecule has 0 saturated heterocycles. The van der Waals surface area contributed by atoms with Crippen molar-refractivity contribution in [1.82, 2.24) is 5.32 Å². The van der Waals surface area contributed by atoms with Gasteiger partial charge in [0.15, 0.2) is 17.4 Å². The molecule has 0 saturated carbocycles. The van der Waals surface area contributed by atoms with Crippen molar-refractivity contribution < 1.29 is 13.6 Å². The molecular weight excluding hydrogens is 212 g/mol. The summed E-state index contributed by atoms with van der Waals surface area (Å²) in [5.41, 5.74) is -0.446. The second-order valence-electron chi connectivity index (χ2n) is 4.37. The smallest absolute Gasteiger partial charge is 0.169 e. The predicted molar refractivity (Wildman–Crippen MR) is 58.4 cm³/mol. The molecule has 0 aromatic heterocycles. The molecule has 0 radical (unpaired) electrons. The summed E-state index contributed by atoms with van der Waals surface area (Å²) in [6, 6.07) is 3.21. The summed E-state index contributed by atoms with van der Waals surface area (Å²) in [6.45, 7) is 3.99. The van der Waals surface area contributed by atoms with Crippen LogP contribution in [-0.4, -0.2) is 19.4 Å². The second-order valence-corrected chi connectivity index (χ2v) is 4.37. The van der Waals surface area contributed by atoms with Gasteiger partial charge in [0, 0.05) is 17.5 Å². The first kappa shape index (κ1) is 12.8. The Labute approximate surface area is 93.7 Å². The van der Waals surface area contributed by atoms with Gasteiger partial charge >= 0.3 is 0 Å². The Morgan fingerprint density at radius 1 is 1.31 bits per heavy atom. The first-order valence-corrected chi connectivity index (χ1v) is 5.03. The molecule has 0 aliphatic heterocycles. The second kappa shape index (κ2) is 4.70. The minimum atomic E-state index is -0.994. The number of carbonyl (C=O) groups excluding carboxylic acids is 1. The van der Waals surface area contributed by atoms with E-state index in [0.717, 1.165) is 12.1 Å². The van der Waals surface area contributed by atoms with Gasteiger partial charge in [-0.1, -0.05) is 13.8 Å². The Morgan fingerprint density at radius 3 is 2.44 bits per heavy atom. The standard InChI is InChI=1S/C12H15F2NO/c1-12(2,7-15-3)11(16)8-4-5-9(13)10(14)6-8/h4-6,15H,7H2,1-3H3. The molecule has 0 amide bonds. The van der Waals surface area contributed by atoms with Crippen LogP contribution in [0.5, 0.6) is 0 Å². The maximum absolute atomic E-state index is 13.0. The van der Waals surface area contributed by atoms with Crippen LogP contribution in [0.3, 0.4) is 0 Å². The van der Waals surface area contributed by atoms with Gasteiger partial charge in [-0.25, -0.2) is 8.78 Å². The SMILES string of the molecule is CNCC(C)(C)C(=O)c1ccc(F)c(F)c1. The van der Waals surface area contributed by atoms with Crippen LogP contribution in [0.1, 0.15) is 24.2 Å². The topological polar surface area (TPSA) is 29.1 Å². The molecule has 0 spiro atoms. The van der Waals surface area contributed by atoms with Crippen LogP contribution in [0, 0.1) is 17.0 Å². The van der Waals surface area contributed by atoms with Crippen molar-refractivity contribution in [1.29, 1.82) is 0 Å². The van der Waals surface area contributed by atoms with E-state index in [4.69, 9.17) is 0 Å². The van der Waals surface area contributed by atoms with Gasteiger partial charge in [0.1, 0.15) is 0 Å². The Hall–Kier alpha value is -1.29. The van der Waals surface area contributed by atoms with Crippen molar-refractivity contribution in [3.8, 4) is 0 Å². The zero-order valence-corrected chi connectivity index (χ0v) is 9.60. The fourth-order valence-electron chi connectivity index (χ4n) is 1.55. The summed E-state index contributed by atoms with van der Waals surface area (Å²) in [6.07, 6.45) is 0. The van der Waals surface area contributed by atoms with E-state index in [0.29, 0.717) is 6.54 Å². The molecule has 0 aliphatic carbocycles. The van der Waals surface area contributed by atoms with E-state index >= 15 is 0 Å². The summed E-state index contributed by atoms with van der Waals surface area (Å²) in [5.74, 6) is -2.14. The van der Waals surface area contributed by atoms with Crippen LogP contribution in [0.2, 0.25) is 0 Å². The number of halogens is 2. The summed E-state index contributed by atoms with van der Waals surface area (Å²) >= 11 is 0. The van der Waals surface area contributed by atoms with Crippen molar-refractivity contribution in [2.45, 2.75) is 13.8 Å². The third kappa shape index (κ3) is 2.64. The molecule has 16 heavy (non-hydrogen) atoms. The monoisotopic (exact) mass is 227 g/mol. The molecule has 0 heterocycles. The van der Waals surface area contributed by atoms with Crippen molar-refractivity contribution in [2.24, 2.45) is 5.41 Å². The van der Waals surface area contributed by atoms with Crippen LogP contribution in [0.4, 0.5) is 8.78 Å². The Balaban J connectivity index is 3.01. The quantitative estimate of drug-likeness (QED) is 0.800. The van der Waals surface area contributed by atoms with Gasteiger partial charge in [0.2, 0.25) is 0 Å². The molecule has 88 valence electrons. The minimum absolute atomic E-state index is 0.194. The minimum Gasteiger partial charge on any atom is -0.319 e. The third-order valence-corrected chi connectivity index (χ3v) is 2.42. The largest absolute Gasteiger partial charge is 0.319 e. The van der Waals surface area contributed by atoms with Gasteiger partial charge in [-0.2, -0.15) is 0 Å². The molecule has 1 aromatic rings. The van der Waals surface area contributed by atoms with E-state index in [-0.39, 0.29) is 11.3 Å². The van der Waals surface area contributed by atoms with Crippen LogP contribution in [0.25, 0.3) is 0 Å². The number of Topliss-reactive ketones (excluding diaryl/α,β-unsaturated/α-hetero) is 1. The highest BCUT2D eigenvalue weighted by atomic mass is 19.2. The number of rotatable bonds is 4. The van der Waals surface area contributed by atoms with Crippen molar-refractivity contribution in [3.05, 3.63) is 35.4 Å².